The van der Waals surface area contributed by atoms with Crippen molar-refractivity contribution in [1.82, 2.24) is 4.90 Å². The number of hydrogen-bond acceptors (Lipinski definition) is 9. The first-order valence-corrected chi connectivity index (χ1v) is 10.3. The fraction of sp³-hybridized carbons (Fsp3) is 0.545. The molecule has 2 heterocycles. The van der Waals surface area contributed by atoms with Gasteiger partial charge in [0.1, 0.15) is 30.3 Å². The van der Waals surface area contributed by atoms with E-state index in [1.165, 1.54) is 13.2 Å². The van der Waals surface area contributed by atoms with E-state index in [4.69, 9.17) is 18.9 Å². The normalized spacial score (nSPS) is 16.7. The monoisotopic (exact) mass is 435 g/mol. The maximum Gasteiger partial charge on any atom is 0.342 e. The minimum Gasteiger partial charge on any atom is -0.513 e. The molecule has 1 aromatic carbocycles. The van der Waals surface area contributed by atoms with Crippen molar-refractivity contribution in [3.05, 3.63) is 34.1 Å². The summed E-state index contributed by atoms with van der Waals surface area (Å²) in [6.45, 7) is 5.90. The zero-order valence-electron chi connectivity index (χ0n) is 17.9. The molecule has 2 aliphatic rings. The van der Waals surface area contributed by atoms with Crippen LogP contribution in [0.3, 0.4) is 0 Å². The lowest BCUT2D eigenvalue weighted by Crippen LogP contribution is -2.38. The van der Waals surface area contributed by atoms with Crippen molar-refractivity contribution in [2.75, 3.05) is 46.6 Å². The molecule has 170 valence electrons. The molecule has 9 nitrogen and oxygen atoms in total. The molecule has 9 heteroatoms. The van der Waals surface area contributed by atoms with Crippen LogP contribution in [0.1, 0.15) is 39.9 Å². The van der Waals surface area contributed by atoms with Gasteiger partial charge in [0.25, 0.3) is 0 Å². The zero-order valence-corrected chi connectivity index (χ0v) is 17.9. The number of carbonyl (C=O) groups is 2. The number of aromatic hydroxyl groups is 1. The number of ether oxygens (including phenoxy) is 4. The number of morpholine rings is 1. The van der Waals surface area contributed by atoms with Gasteiger partial charge in [0.15, 0.2) is 0 Å². The Balaban J connectivity index is 1.53. The molecule has 0 radical (unpaired) electrons. The number of methoxy groups -OCH3 is 1. The molecule has 0 spiro atoms. The van der Waals surface area contributed by atoms with Gasteiger partial charge in [-0.3, -0.25) is 9.69 Å². The number of allylic oxidation sites excluding steroid dienone is 2. The third-order valence-electron chi connectivity index (χ3n) is 5.55. The lowest BCUT2D eigenvalue weighted by molar-refractivity contribution is -0.144. The first-order valence-electron chi connectivity index (χ1n) is 10.3. The summed E-state index contributed by atoms with van der Waals surface area (Å²) in [6, 6.07) is 0. The smallest absolute Gasteiger partial charge is 0.342 e. The number of benzene rings is 1. The lowest BCUT2D eigenvalue weighted by Gasteiger charge is -2.26. The van der Waals surface area contributed by atoms with Crippen LogP contribution in [0, 0.1) is 6.92 Å². The molecule has 0 saturated carbocycles. The van der Waals surface area contributed by atoms with Crippen LogP contribution >= 0.6 is 0 Å². The quantitative estimate of drug-likeness (QED) is 0.444. The average molecular weight is 435 g/mol. The van der Waals surface area contributed by atoms with Crippen molar-refractivity contribution in [2.45, 2.75) is 32.8 Å². The summed E-state index contributed by atoms with van der Waals surface area (Å²) in [6.07, 6.45) is 1.79. The van der Waals surface area contributed by atoms with Gasteiger partial charge in [0.05, 0.1) is 32.5 Å². The van der Waals surface area contributed by atoms with Crippen LogP contribution in [-0.4, -0.2) is 73.6 Å². The number of esters is 2. The fourth-order valence-corrected chi connectivity index (χ4v) is 3.77. The van der Waals surface area contributed by atoms with Gasteiger partial charge >= 0.3 is 11.9 Å². The summed E-state index contributed by atoms with van der Waals surface area (Å²) in [5, 5.41) is 20.7. The largest absolute Gasteiger partial charge is 0.513 e. The van der Waals surface area contributed by atoms with E-state index in [0.717, 1.165) is 13.1 Å². The van der Waals surface area contributed by atoms with Crippen LogP contribution in [0.25, 0.3) is 0 Å². The Labute approximate surface area is 181 Å². The molecule has 1 fully saturated rings. The van der Waals surface area contributed by atoms with Crippen molar-refractivity contribution in [2.24, 2.45) is 0 Å². The summed E-state index contributed by atoms with van der Waals surface area (Å²) in [5.41, 5.74) is 1.85. The number of hydrogen-bond donors (Lipinski definition) is 2. The van der Waals surface area contributed by atoms with E-state index < -0.39 is 5.97 Å². The molecule has 3 rings (SSSR count). The Morgan fingerprint density at radius 1 is 1.26 bits per heavy atom. The van der Waals surface area contributed by atoms with Crippen LogP contribution < -0.4 is 4.74 Å². The number of fused-ring (bicyclic) bond motifs is 1. The molecule has 2 aliphatic heterocycles. The minimum absolute atomic E-state index is 0.00712. The Morgan fingerprint density at radius 3 is 2.71 bits per heavy atom. The van der Waals surface area contributed by atoms with Crippen molar-refractivity contribution in [1.29, 1.82) is 0 Å². The van der Waals surface area contributed by atoms with Gasteiger partial charge in [0.2, 0.25) is 0 Å². The lowest BCUT2D eigenvalue weighted by atomic mass is 9.95. The number of aliphatic hydroxyl groups is 1. The summed E-state index contributed by atoms with van der Waals surface area (Å²) < 4.78 is 20.9. The molecular weight excluding hydrogens is 406 g/mol. The van der Waals surface area contributed by atoms with Gasteiger partial charge < -0.3 is 29.2 Å². The maximum absolute atomic E-state index is 11.9. The standard InChI is InChI=1S/C22H29NO8/c1-14-17-13-31-22(27)19(17)20(26)16(21(14)28-2)5-3-15(24)4-6-18(25)30-12-9-23-7-10-29-11-8-23/h3,24,26H,4-13H2,1-2H3/b15-3+. The highest BCUT2D eigenvalue weighted by Crippen LogP contribution is 2.41. The molecule has 0 amide bonds. The molecule has 0 bridgehead atoms. The summed E-state index contributed by atoms with van der Waals surface area (Å²) in [7, 11) is 1.48. The summed E-state index contributed by atoms with van der Waals surface area (Å²) >= 11 is 0. The van der Waals surface area contributed by atoms with Gasteiger partial charge in [-0.1, -0.05) is 0 Å². The molecular formula is C22H29NO8. The molecule has 31 heavy (non-hydrogen) atoms. The zero-order chi connectivity index (χ0) is 22.4. The molecule has 2 N–H and O–H groups in total. The van der Waals surface area contributed by atoms with Crippen molar-refractivity contribution >= 4 is 11.9 Å². The summed E-state index contributed by atoms with van der Waals surface area (Å²) in [4.78, 5) is 26.0. The van der Waals surface area contributed by atoms with E-state index in [1.54, 1.807) is 6.92 Å². The third kappa shape index (κ3) is 5.48. The van der Waals surface area contributed by atoms with Crippen LogP contribution in [-0.2, 0) is 32.0 Å². The Kier molecular flexibility index (Phi) is 7.75. The van der Waals surface area contributed by atoms with E-state index in [0.29, 0.717) is 48.8 Å². The highest BCUT2D eigenvalue weighted by molar-refractivity contribution is 5.98. The van der Waals surface area contributed by atoms with Gasteiger partial charge in [-0.05, 0) is 18.6 Å². The maximum atomic E-state index is 11.9. The second-order valence-electron chi connectivity index (χ2n) is 7.49. The molecule has 0 atom stereocenters. The van der Waals surface area contributed by atoms with Crippen LogP contribution in [0.2, 0.25) is 0 Å². The summed E-state index contributed by atoms with van der Waals surface area (Å²) in [5.74, 6) is -0.725. The average Bonchev–Trinajstić information content (AvgIpc) is 3.16. The topological polar surface area (TPSA) is 115 Å². The predicted molar refractivity (Wildman–Crippen MR) is 110 cm³/mol. The minimum atomic E-state index is -0.576. The highest BCUT2D eigenvalue weighted by atomic mass is 16.5. The first-order chi connectivity index (χ1) is 14.9. The number of phenols is 1. The second kappa shape index (κ2) is 10.5. The Morgan fingerprint density at radius 2 is 2.00 bits per heavy atom. The fourth-order valence-electron chi connectivity index (χ4n) is 3.77. The van der Waals surface area contributed by atoms with E-state index in [-0.39, 0.29) is 48.9 Å². The SMILES string of the molecule is COc1c(C)c2c(c(O)c1C/C=C(/O)CCC(=O)OCCN1CCOCC1)C(=O)OC2. The van der Waals surface area contributed by atoms with Crippen LogP contribution in [0.5, 0.6) is 11.5 Å². The van der Waals surface area contributed by atoms with Crippen molar-refractivity contribution in [3.8, 4) is 11.5 Å². The Bertz CT molecular complexity index is 858. The second-order valence-corrected chi connectivity index (χ2v) is 7.49. The highest BCUT2D eigenvalue weighted by Gasteiger charge is 2.31. The molecule has 0 unspecified atom stereocenters. The van der Waals surface area contributed by atoms with E-state index in [2.05, 4.69) is 4.90 Å². The number of phenolic OH excluding ortho intramolecular Hbond substituents is 1. The van der Waals surface area contributed by atoms with Crippen molar-refractivity contribution < 1.29 is 38.7 Å². The number of nitrogens with zero attached hydrogens (tertiary/aromatic N) is 1. The molecule has 1 aromatic rings. The molecule has 0 aliphatic carbocycles. The van der Waals surface area contributed by atoms with Gasteiger partial charge in [0, 0.05) is 43.6 Å². The predicted octanol–water partition coefficient (Wildman–Crippen LogP) is 2.02. The number of carbonyl (C=O) groups excluding carboxylic acids is 2. The van der Waals surface area contributed by atoms with Crippen LogP contribution in [0.15, 0.2) is 11.8 Å². The number of cyclic esters (lactones) is 1. The van der Waals surface area contributed by atoms with E-state index in [1.807, 2.05) is 0 Å². The van der Waals surface area contributed by atoms with E-state index in [9.17, 15) is 19.8 Å². The van der Waals surface area contributed by atoms with Gasteiger partial charge in [-0.15, -0.1) is 0 Å². The molecule has 0 aromatic heterocycles. The van der Waals surface area contributed by atoms with Gasteiger partial charge in [-0.25, -0.2) is 4.79 Å². The first kappa shape index (κ1) is 22.9. The van der Waals surface area contributed by atoms with Gasteiger partial charge in [-0.2, -0.15) is 0 Å². The number of aliphatic hydroxyl groups excluding tert-OH is 1. The third-order valence-corrected chi connectivity index (χ3v) is 5.55. The van der Waals surface area contributed by atoms with E-state index >= 15 is 0 Å². The Hall–Kier alpha value is -2.78. The van der Waals surface area contributed by atoms with Crippen LogP contribution in [0.4, 0.5) is 0 Å². The number of rotatable bonds is 9. The molecule has 1 saturated heterocycles. The van der Waals surface area contributed by atoms with Crippen molar-refractivity contribution in [3.63, 3.8) is 0 Å².